The van der Waals surface area contributed by atoms with E-state index in [-0.39, 0.29) is 12.4 Å². The fourth-order valence-corrected chi connectivity index (χ4v) is 1.69. The third-order valence-electron chi connectivity index (χ3n) is 2.20. The first-order valence-electron chi connectivity index (χ1n) is 5.19. The summed E-state index contributed by atoms with van der Waals surface area (Å²) in [6, 6.07) is 8.54. The second-order valence-electron chi connectivity index (χ2n) is 3.94. The molecule has 0 fully saturated rings. The molecule has 0 bridgehead atoms. The van der Waals surface area contributed by atoms with Crippen molar-refractivity contribution in [1.29, 1.82) is 0 Å². The van der Waals surface area contributed by atoms with E-state index in [0.717, 1.165) is 12.2 Å². The average molecular weight is 245 g/mol. The summed E-state index contributed by atoms with van der Waals surface area (Å²) in [6.45, 7) is 2.16. The molecule has 0 amide bonds. The molecule has 1 N–H and O–H groups in total. The van der Waals surface area contributed by atoms with Crippen LogP contribution in [0.2, 0.25) is 0 Å². The van der Waals surface area contributed by atoms with Gasteiger partial charge >= 0.3 is 0 Å². The van der Waals surface area contributed by atoms with Crippen molar-refractivity contribution in [3.05, 3.63) is 29.8 Å². The molecule has 16 heavy (non-hydrogen) atoms. The Hall–Kier alpha value is -0.770. The van der Waals surface area contributed by atoms with Crippen LogP contribution in [-0.4, -0.2) is 32.3 Å². The fraction of sp³-hybridized carbons (Fsp3) is 0.500. The maximum absolute atomic E-state index is 5.31. The van der Waals surface area contributed by atoms with Crippen LogP contribution in [0.4, 0.5) is 0 Å². The second-order valence-corrected chi connectivity index (χ2v) is 3.94. The lowest BCUT2D eigenvalue weighted by Crippen LogP contribution is -2.39. The Bertz CT molecular complexity index is 305. The van der Waals surface area contributed by atoms with Crippen molar-refractivity contribution in [3.8, 4) is 5.75 Å². The molecule has 0 aliphatic rings. The van der Waals surface area contributed by atoms with Crippen molar-refractivity contribution in [2.45, 2.75) is 19.4 Å². The van der Waals surface area contributed by atoms with Crippen LogP contribution < -0.4 is 10.2 Å². The topological polar surface area (TPSA) is 24.5 Å². The van der Waals surface area contributed by atoms with Gasteiger partial charge in [0.1, 0.15) is 5.75 Å². The quantitative estimate of drug-likeness (QED) is 0.803. The van der Waals surface area contributed by atoms with Crippen LogP contribution >= 0.6 is 12.4 Å². The molecule has 0 aromatic heterocycles. The largest absolute Gasteiger partial charge is 0.496 e. The Balaban J connectivity index is 0.00000225. The molecule has 4 heteroatoms. The summed E-state index contributed by atoms with van der Waals surface area (Å²) in [4.78, 5) is 0. The minimum Gasteiger partial charge on any atom is -0.496 e. The average Bonchev–Trinajstić information content (AvgIpc) is 2.17. The third-order valence-corrected chi connectivity index (χ3v) is 2.20. The molecule has 0 spiro atoms. The predicted octanol–water partition coefficient (Wildman–Crippen LogP) is 2.11. The van der Waals surface area contributed by atoms with Gasteiger partial charge in [0, 0.05) is 20.1 Å². The van der Waals surface area contributed by atoms with E-state index in [1.54, 1.807) is 7.11 Å². The monoisotopic (exact) mass is 244 g/mol. The summed E-state index contributed by atoms with van der Waals surface area (Å²) < 4.78 is 5.31. The number of rotatable bonds is 5. The van der Waals surface area contributed by atoms with Gasteiger partial charge in [0.15, 0.2) is 0 Å². The summed E-state index contributed by atoms with van der Waals surface area (Å²) >= 11 is 0. The van der Waals surface area contributed by atoms with Crippen LogP contribution in [0, 0.1) is 0 Å². The highest BCUT2D eigenvalue weighted by Gasteiger charge is 2.07. The third kappa shape index (κ3) is 4.84. The molecule has 1 aromatic carbocycles. The van der Waals surface area contributed by atoms with Gasteiger partial charge in [-0.2, -0.15) is 0 Å². The van der Waals surface area contributed by atoms with Gasteiger partial charge in [0.2, 0.25) is 0 Å². The first-order chi connectivity index (χ1) is 7.13. The van der Waals surface area contributed by atoms with Crippen LogP contribution in [0.15, 0.2) is 24.3 Å². The standard InChI is InChI=1S/C12H20N2O.ClH/c1-10(13-14(2)3)9-11-7-5-6-8-12(11)15-4;/h5-8,10,13H,9H2,1-4H3;1H. The SMILES string of the molecule is COc1ccccc1CC(C)NN(C)C.Cl. The van der Waals surface area contributed by atoms with Gasteiger partial charge in [0.25, 0.3) is 0 Å². The van der Waals surface area contributed by atoms with Crippen molar-refractivity contribution in [1.82, 2.24) is 10.4 Å². The number of benzene rings is 1. The van der Waals surface area contributed by atoms with Gasteiger partial charge in [-0.3, -0.25) is 10.4 Å². The summed E-state index contributed by atoms with van der Waals surface area (Å²) in [6.07, 6.45) is 0.961. The van der Waals surface area contributed by atoms with Crippen LogP contribution in [0.5, 0.6) is 5.75 Å². The zero-order valence-corrected chi connectivity index (χ0v) is 11.2. The molecule has 3 nitrogen and oxygen atoms in total. The Morgan fingerprint density at radius 3 is 2.50 bits per heavy atom. The normalized spacial score (nSPS) is 12.1. The molecule has 1 unspecified atom stereocenters. The number of nitrogens with zero attached hydrogens (tertiary/aromatic N) is 1. The zero-order valence-electron chi connectivity index (χ0n) is 10.4. The summed E-state index contributed by atoms with van der Waals surface area (Å²) in [5.41, 5.74) is 4.56. The number of hydrogen-bond donors (Lipinski definition) is 1. The number of nitrogens with one attached hydrogen (secondary N) is 1. The van der Waals surface area contributed by atoms with E-state index < -0.39 is 0 Å². The lowest BCUT2D eigenvalue weighted by atomic mass is 10.1. The Kier molecular flexibility index (Phi) is 7.13. The molecule has 1 rings (SSSR count). The number of hydrogen-bond acceptors (Lipinski definition) is 3. The number of halogens is 1. The van der Waals surface area contributed by atoms with Gasteiger partial charge in [0.05, 0.1) is 7.11 Å². The lowest BCUT2D eigenvalue weighted by molar-refractivity contribution is 0.248. The molecule has 1 aromatic rings. The van der Waals surface area contributed by atoms with E-state index in [1.165, 1.54) is 5.56 Å². The number of hydrazine groups is 1. The fourth-order valence-electron chi connectivity index (χ4n) is 1.69. The summed E-state index contributed by atoms with van der Waals surface area (Å²) in [5.74, 6) is 0.963. The van der Waals surface area contributed by atoms with Crippen LogP contribution in [0.25, 0.3) is 0 Å². The van der Waals surface area contributed by atoms with Crippen molar-refractivity contribution in [2.75, 3.05) is 21.2 Å². The smallest absolute Gasteiger partial charge is 0.122 e. The molecular formula is C12H21ClN2O. The molecule has 0 radical (unpaired) electrons. The van der Waals surface area contributed by atoms with Gasteiger partial charge < -0.3 is 4.74 Å². The van der Waals surface area contributed by atoms with Crippen LogP contribution in [0.3, 0.4) is 0 Å². The maximum atomic E-state index is 5.31. The number of methoxy groups -OCH3 is 1. The second kappa shape index (κ2) is 7.49. The summed E-state index contributed by atoms with van der Waals surface area (Å²) in [7, 11) is 5.71. The number of ether oxygens (including phenoxy) is 1. The van der Waals surface area contributed by atoms with Crippen molar-refractivity contribution < 1.29 is 4.74 Å². The lowest BCUT2D eigenvalue weighted by Gasteiger charge is -2.20. The Morgan fingerprint density at radius 1 is 1.31 bits per heavy atom. The van der Waals surface area contributed by atoms with E-state index in [0.29, 0.717) is 6.04 Å². The number of para-hydroxylation sites is 1. The first-order valence-corrected chi connectivity index (χ1v) is 5.19. The van der Waals surface area contributed by atoms with E-state index >= 15 is 0 Å². The molecule has 0 aliphatic carbocycles. The Labute approximate surface area is 104 Å². The minimum absolute atomic E-state index is 0. The molecule has 92 valence electrons. The molecule has 0 heterocycles. The van der Waals surface area contributed by atoms with Crippen molar-refractivity contribution in [3.63, 3.8) is 0 Å². The molecule has 0 saturated heterocycles. The van der Waals surface area contributed by atoms with Gasteiger partial charge in [-0.15, -0.1) is 12.4 Å². The highest BCUT2D eigenvalue weighted by atomic mass is 35.5. The van der Waals surface area contributed by atoms with E-state index in [2.05, 4.69) is 18.4 Å². The van der Waals surface area contributed by atoms with Crippen LogP contribution in [-0.2, 0) is 6.42 Å². The zero-order chi connectivity index (χ0) is 11.3. The van der Waals surface area contributed by atoms with Gasteiger partial charge in [-0.1, -0.05) is 18.2 Å². The predicted molar refractivity (Wildman–Crippen MR) is 70.2 cm³/mol. The van der Waals surface area contributed by atoms with E-state index in [1.807, 2.05) is 37.3 Å². The molecular weight excluding hydrogens is 224 g/mol. The first kappa shape index (κ1) is 15.2. The minimum atomic E-state index is 0. The highest BCUT2D eigenvalue weighted by molar-refractivity contribution is 5.85. The molecule has 0 aliphatic heterocycles. The van der Waals surface area contributed by atoms with Crippen LogP contribution in [0.1, 0.15) is 12.5 Å². The van der Waals surface area contributed by atoms with Gasteiger partial charge in [-0.05, 0) is 25.0 Å². The molecule has 1 atom stereocenters. The van der Waals surface area contributed by atoms with Crippen molar-refractivity contribution in [2.24, 2.45) is 0 Å². The summed E-state index contributed by atoms with van der Waals surface area (Å²) in [5, 5.41) is 1.97. The maximum Gasteiger partial charge on any atom is 0.122 e. The van der Waals surface area contributed by atoms with Crippen molar-refractivity contribution >= 4 is 12.4 Å². The molecule has 0 saturated carbocycles. The van der Waals surface area contributed by atoms with E-state index in [9.17, 15) is 0 Å². The Morgan fingerprint density at radius 2 is 1.94 bits per heavy atom. The van der Waals surface area contributed by atoms with E-state index in [4.69, 9.17) is 4.74 Å². The van der Waals surface area contributed by atoms with Gasteiger partial charge in [-0.25, -0.2) is 0 Å². The highest BCUT2D eigenvalue weighted by Crippen LogP contribution is 2.18.